The molecule has 1 amide bonds. The number of hydrogen-bond acceptors (Lipinski definition) is 2. The maximum atomic E-state index is 13.1. The van der Waals surface area contributed by atoms with Crippen molar-refractivity contribution >= 4 is 23.2 Å². The molecule has 0 aliphatic heterocycles. The summed E-state index contributed by atoms with van der Waals surface area (Å²) in [7, 11) is 0. The second kappa shape index (κ2) is 5.21. The molecule has 1 heterocycles. The first-order valence-corrected chi connectivity index (χ1v) is 6.69. The Morgan fingerprint density at radius 1 is 1.35 bits per heavy atom. The van der Waals surface area contributed by atoms with E-state index in [2.05, 4.69) is 10.3 Å². The Morgan fingerprint density at radius 3 is 2.90 bits per heavy atom. The lowest BCUT2D eigenvalue weighted by Crippen LogP contribution is -2.14. The fourth-order valence-corrected chi connectivity index (χ4v) is 2.39. The quantitative estimate of drug-likeness (QED) is 0.877. The number of amides is 1. The first-order chi connectivity index (χ1) is 9.63. The third-order valence-electron chi connectivity index (χ3n) is 3.40. The molecule has 3 rings (SSSR count). The Kier molecular flexibility index (Phi) is 3.40. The molecule has 5 heteroatoms. The minimum atomic E-state index is -0.268. The minimum absolute atomic E-state index is 0.0663. The Hall–Kier alpha value is -1.94. The molecule has 1 N–H and O–H groups in total. The van der Waals surface area contributed by atoms with Gasteiger partial charge in [0.25, 0.3) is 0 Å². The number of nitrogens with zero attached hydrogens (tertiary/aromatic N) is 1. The lowest BCUT2D eigenvalue weighted by molar-refractivity contribution is -0.117. The van der Waals surface area contributed by atoms with Gasteiger partial charge in [-0.2, -0.15) is 0 Å². The molecule has 1 aromatic carbocycles. The van der Waals surface area contributed by atoms with E-state index in [1.54, 1.807) is 18.2 Å². The second-order valence-electron chi connectivity index (χ2n) is 4.86. The number of rotatable bonds is 3. The number of benzene rings is 1. The standard InChI is InChI=1S/C15H12ClFN2O/c16-14-5-4-11(8-18-14)19-15(20)13-7-12(13)9-2-1-3-10(17)6-9/h1-6,8,12-13H,7H2,(H,19,20). The van der Waals surface area contributed by atoms with Gasteiger partial charge in [0.2, 0.25) is 5.91 Å². The summed E-state index contributed by atoms with van der Waals surface area (Å²) >= 11 is 5.68. The van der Waals surface area contributed by atoms with E-state index in [1.165, 1.54) is 18.3 Å². The third-order valence-corrected chi connectivity index (χ3v) is 3.62. The molecular formula is C15H12ClFN2O. The van der Waals surface area contributed by atoms with Crippen LogP contribution in [0, 0.1) is 11.7 Å². The highest BCUT2D eigenvalue weighted by atomic mass is 35.5. The summed E-state index contributed by atoms with van der Waals surface area (Å²) in [4.78, 5) is 16.0. The zero-order valence-electron chi connectivity index (χ0n) is 10.5. The van der Waals surface area contributed by atoms with Crippen molar-refractivity contribution in [2.24, 2.45) is 5.92 Å². The smallest absolute Gasteiger partial charge is 0.228 e. The first kappa shape index (κ1) is 13.1. The topological polar surface area (TPSA) is 42.0 Å². The number of pyridine rings is 1. The van der Waals surface area contributed by atoms with Crippen LogP contribution in [0.15, 0.2) is 42.6 Å². The average molecular weight is 291 g/mol. The molecule has 102 valence electrons. The molecule has 3 nitrogen and oxygen atoms in total. The van der Waals surface area contributed by atoms with Crippen LogP contribution in [0.25, 0.3) is 0 Å². The zero-order chi connectivity index (χ0) is 14.1. The second-order valence-corrected chi connectivity index (χ2v) is 5.25. The number of hydrogen-bond donors (Lipinski definition) is 1. The summed E-state index contributed by atoms with van der Waals surface area (Å²) in [5.74, 6) is -0.336. The van der Waals surface area contributed by atoms with Gasteiger partial charge >= 0.3 is 0 Å². The molecule has 2 atom stereocenters. The summed E-state index contributed by atoms with van der Waals surface area (Å²) in [6.45, 7) is 0. The number of halogens is 2. The average Bonchev–Trinajstić information content (AvgIpc) is 3.22. The predicted molar refractivity (Wildman–Crippen MR) is 75.1 cm³/mol. The van der Waals surface area contributed by atoms with E-state index in [-0.39, 0.29) is 23.6 Å². The fourth-order valence-electron chi connectivity index (χ4n) is 2.28. The Bertz CT molecular complexity index is 645. The monoisotopic (exact) mass is 290 g/mol. The van der Waals surface area contributed by atoms with Crippen LogP contribution < -0.4 is 5.32 Å². The van der Waals surface area contributed by atoms with Gasteiger partial charge in [0, 0.05) is 5.92 Å². The molecule has 2 aromatic rings. The van der Waals surface area contributed by atoms with Gasteiger partial charge in [0.15, 0.2) is 0 Å². The Morgan fingerprint density at radius 2 is 2.20 bits per heavy atom. The molecule has 0 spiro atoms. The molecule has 1 aliphatic carbocycles. The number of carbonyl (C=O) groups is 1. The molecular weight excluding hydrogens is 279 g/mol. The van der Waals surface area contributed by atoms with Crippen molar-refractivity contribution in [1.82, 2.24) is 4.98 Å². The van der Waals surface area contributed by atoms with E-state index >= 15 is 0 Å². The normalized spacial score (nSPS) is 20.5. The zero-order valence-corrected chi connectivity index (χ0v) is 11.3. The molecule has 1 aliphatic rings. The van der Waals surface area contributed by atoms with Crippen molar-refractivity contribution < 1.29 is 9.18 Å². The number of aromatic nitrogens is 1. The molecule has 1 aromatic heterocycles. The van der Waals surface area contributed by atoms with Gasteiger partial charge in [0.05, 0.1) is 11.9 Å². The summed E-state index contributed by atoms with van der Waals surface area (Å²) < 4.78 is 13.1. The van der Waals surface area contributed by atoms with Crippen LogP contribution in [0.3, 0.4) is 0 Å². The summed E-state index contributed by atoms with van der Waals surface area (Å²) in [6, 6.07) is 9.73. The van der Waals surface area contributed by atoms with E-state index in [0.29, 0.717) is 10.8 Å². The summed E-state index contributed by atoms with van der Waals surface area (Å²) in [5.41, 5.74) is 1.49. The maximum absolute atomic E-state index is 13.1. The van der Waals surface area contributed by atoms with Crippen LogP contribution in [0.2, 0.25) is 5.15 Å². The molecule has 2 unspecified atom stereocenters. The SMILES string of the molecule is O=C(Nc1ccc(Cl)nc1)C1CC1c1cccc(F)c1. The van der Waals surface area contributed by atoms with Crippen molar-refractivity contribution in [3.05, 3.63) is 59.1 Å². The molecule has 0 radical (unpaired) electrons. The van der Waals surface area contributed by atoms with Gasteiger partial charge in [-0.15, -0.1) is 0 Å². The fraction of sp³-hybridized carbons (Fsp3) is 0.200. The van der Waals surface area contributed by atoms with E-state index in [4.69, 9.17) is 11.6 Å². The van der Waals surface area contributed by atoms with Gasteiger partial charge < -0.3 is 5.32 Å². The van der Waals surface area contributed by atoms with E-state index in [0.717, 1.165) is 12.0 Å². The van der Waals surface area contributed by atoms with Crippen molar-refractivity contribution in [3.63, 3.8) is 0 Å². The summed E-state index contributed by atoms with van der Waals surface area (Å²) in [6.07, 6.45) is 2.26. The molecule has 0 saturated heterocycles. The molecule has 0 bridgehead atoms. The molecule has 1 fully saturated rings. The largest absolute Gasteiger partial charge is 0.324 e. The van der Waals surface area contributed by atoms with Crippen molar-refractivity contribution in [1.29, 1.82) is 0 Å². The van der Waals surface area contributed by atoms with Crippen molar-refractivity contribution in [2.45, 2.75) is 12.3 Å². The van der Waals surface area contributed by atoms with Crippen LogP contribution in [0.4, 0.5) is 10.1 Å². The van der Waals surface area contributed by atoms with Gasteiger partial charge in [0.1, 0.15) is 11.0 Å². The van der Waals surface area contributed by atoms with Crippen LogP contribution in [-0.4, -0.2) is 10.9 Å². The van der Waals surface area contributed by atoms with E-state index < -0.39 is 0 Å². The van der Waals surface area contributed by atoms with Crippen molar-refractivity contribution in [3.8, 4) is 0 Å². The number of nitrogens with one attached hydrogen (secondary N) is 1. The van der Waals surface area contributed by atoms with Crippen LogP contribution in [0.5, 0.6) is 0 Å². The van der Waals surface area contributed by atoms with Gasteiger partial charge in [-0.3, -0.25) is 4.79 Å². The van der Waals surface area contributed by atoms with Gasteiger partial charge in [-0.05, 0) is 42.2 Å². The molecule has 1 saturated carbocycles. The highest BCUT2D eigenvalue weighted by Crippen LogP contribution is 2.48. The molecule has 20 heavy (non-hydrogen) atoms. The lowest BCUT2D eigenvalue weighted by Gasteiger charge is -2.04. The summed E-state index contributed by atoms with van der Waals surface area (Å²) in [5, 5.41) is 3.17. The number of carbonyl (C=O) groups excluding carboxylic acids is 1. The van der Waals surface area contributed by atoms with Crippen LogP contribution >= 0.6 is 11.6 Å². The van der Waals surface area contributed by atoms with Crippen LogP contribution in [0.1, 0.15) is 17.9 Å². The Labute approximate surface area is 120 Å². The third kappa shape index (κ3) is 2.80. The maximum Gasteiger partial charge on any atom is 0.228 e. The van der Waals surface area contributed by atoms with E-state index in [9.17, 15) is 9.18 Å². The van der Waals surface area contributed by atoms with Crippen LogP contribution in [-0.2, 0) is 4.79 Å². The van der Waals surface area contributed by atoms with Gasteiger partial charge in [-0.1, -0.05) is 23.7 Å². The minimum Gasteiger partial charge on any atom is -0.324 e. The lowest BCUT2D eigenvalue weighted by atomic mass is 10.1. The Balaban J connectivity index is 1.64. The predicted octanol–water partition coefficient (Wildman–Crippen LogP) is 3.62. The number of anilines is 1. The highest BCUT2D eigenvalue weighted by molar-refractivity contribution is 6.29. The van der Waals surface area contributed by atoms with Gasteiger partial charge in [-0.25, -0.2) is 9.37 Å². The highest BCUT2D eigenvalue weighted by Gasteiger charge is 2.44. The van der Waals surface area contributed by atoms with E-state index in [1.807, 2.05) is 6.07 Å². The first-order valence-electron chi connectivity index (χ1n) is 6.31. The van der Waals surface area contributed by atoms with Crippen molar-refractivity contribution in [2.75, 3.05) is 5.32 Å².